The summed E-state index contributed by atoms with van der Waals surface area (Å²) in [6, 6.07) is 15.3. The highest BCUT2D eigenvalue weighted by atomic mass is 32.2. The van der Waals surface area contributed by atoms with Gasteiger partial charge >= 0.3 is 0 Å². The number of hydrogen-bond donors (Lipinski definition) is 1. The van der Waals surface area contributed by atoms with E-state index in [2.05, 4.69) is 9.71 Å². The number of aryl methyl sites for hydroxylation is 1. The highest BCUT2D eigenvalue weighted by molar-refractivity contribution is 7.92. The molecule has 1 aromatic heterocycles. The molecule has 3 rings (SSSR count). The minimum atomic E-state index is -3.28. The molecule has 2 aromatic carbocycles. The summed E-state index contributed by atoms with van der Waals surface area (Å²) < 4.78 is 27.9. The maximum absolute atomic E-state index is 11.7. The molecule has 0 aliphatic carbocycles. The van der Waals surface area contributed by atoms with E-state index < -0.39 is 10.0 Å². The molecular weight excluding hydrogens is 298 g/mol. The lowest BCUT2D eigenvalue weighted by molar-refractivity contribution is 0.602. The van der Waals surface area contributed by atoms with Crippen LogP contribution in [-0.2, 0) is 17.1 Å². The van der Waals surface area contributed by atoms with E-state index in [0.717, 1.165) is 22.4 Å². The lowest BCUT2D eigenvalue weighted by atomic mass is 10.2. The summed E-state index contributed by atoms with van der Waals surface area (Å²) in [5, 5.41) is 0. The largest absolute Gasteiger partial charge is 0.327 e. The van der Waals surface area contributed by atoms with Crippen LogP contribution in [-0.4, -0.2) is 23.7 Å². The average Bonchev–Trinajstić information content (AvgIpc) is 2.84. The molecule has 0 aliphatic heterocycles. The fraction of sp³-hybridized carbons (Fsp3) is 0.188. The van der Waals surface area contributed by atoms with Crippen molar-refractivity contribution in [2.24, 2.45) is 7.05 Å². The van der Waals surface area contributed by atoms with Crippen molar-refractivity contribution in [3.8, 4) is 11.4 Å². The van der Waals surface area contributed by atoms with Gasteiger partial charge in [-0.3, -0.25) is 4.72 Å². The first-order chi connectivity index (χ1) is 10.5. The fourth-order valence-electron chi connectivity index (χ4n) is 2.36. The Kier molecular flexibility index (Phi) is 3.62. The molecule has 0 aliphatic rings. The van der Waals surface area contributed by atoms with Gasteiger partial charge < -0.3 is 4.57 Å². The Hall–Kier alpha value is -2.34. The van der Waals surface area contributed by atoms with E-state index in [-0.39, 0.29) is 5.75 Å². The van der Waals surface area contributed by atoms with E-state index in [1.54, 1.807) is 19.1 Å². The highest BCUT2D eigenvalue weighted by Gasteiger charge is 2.12. The van der Waals surface area contributed by atoms with E-state index in [4.69, 9.17) is 0 Å². The number of fused-ring (bicyclic) bond motifs is 1. The number of nitrogens with zero attached hydrogens (tertiary/aromatic N) is 2. The number of sulfonamides is 1. The first-order valence-electron chi connectivity index (χ1n) is 7.02. The summed E-state index contributed by atoms with van der Waals surface area (Å²) in [6.07, 6.45) is 0. The van der Waals surface area contributed by atoms with Crippen LogP contribution in [0, 0.1) is 0 Å². The molecule has 1 N–H and O–H groups in total. The molecule has 0 bridgehead atoms. The molecule has 0 saturated carbocycles. The van der Waals surface area contributed by atoms with Gasteiger partial charge in [-0.1, -0.05) is 30.3 Å². The lowest BCUT2D eigenvalue weighted by Gasteiger charge is -2.05. The second kappa shape index (κ2) is 5.46. The predicted octanol–water partition coefficient (Wildman–Crippen LogP) is 3.00. The van der Waals surface area contributed by atoms with Gasteiger partial charge in [-0.2, -0.15) is 0 Å². The topological polar surface area (TPSA) is 64.0 Å². The average molecular weight is 315 g/mol. The number of benzene rings is 2. The Morgan fingerprint density at radius 1 is 1.14 bits per heavy atom. The zero-order valence-electron chi connectivity index (χ0n) is 12.4. The van der Waals surface area contributed by atoms with Crippen molar-refractivity contribution in [1.82, 2.24) is 9.55 Å². The molecule has 0 unspecified atom stereocenters. The van der Waals surface area contributed by atoms with E-state index in [1.807, 2.05) is 48.0 Å². The normalized spacial score (nSPS) is 11.7. The maximum Gasteiger partial charge on any atom is 0.232 e. The molecule has 0 radical (unpaired) electrons. The number of rotatable bonds is 4. The van der Waals surface area contributed by atoms with Gasteiger partial charge in [0.05, 0.1) is 22.5 Å². The molecule has 6 heteroatoms. The number of aromatic nitrogens is 2. The van der Waals surface area contributed by atoms with Gasteiger partial charge in [0, 0.05) is 12.6 Å². The smallest absolute Gasteiger partial charge is 0.232 e. The third kappa shape index (κ3) is 2.69. The lowest BCUT2D eigenvalue weighted by Crippen LogP contribution is -2.14. The molecule has 0 spiro atoms. The van der Waals surface area contributed by atoms with Crippen LogP contribution >= 0.6 is 0 Å². The van der Waals surface area contributed by atoms with E-state index >= 15 is 0 Å². The molecule has 22 heavy (non-hydrogen) atoms. The monoisotopic (exact) mass is 315 g/mol. The minimum absolute atomic E-state index is 0.0442. The quantitative estimate of drug-likeness (QED) is 0.805. The van der Waals surface area contributed by atoms with Crippen molar-refractivity contribution < 1.29 is 8.42 Å². The van der Waals surface area contributed by atoms with Crippen LogP contribution in [0.15, 0.2) is 48.5 Å². The minimum Gasteiger partial charge on any atom is -0.327 e. The maximum atomic E-state index is 11.7. The van der Waals surface area contributed by atoms with E-state index in [0.29, 0.717) is 5.69 Å². The van der Waals surface area contributed by atoms with E-state index in [9.17, 15) is 8.42 Å². The van der Waals surface area contributed by atoms with Crippen LogP contribution in [0.5, 0.6) is 0 Å². The summed E-state index contributed by atoms with van der Waals surface area (Å²) in [4.78, 5) is 4.63. The molecular formula is C16H17N3O2S. The van der Waals surface area contributed by atoms with Gasteiger partial charge in [-0.15, -0.1) is 0 Å². The highest BCUT2D eigenvalue weighted by Crippen LogP contribution is 2.25. The number of anilines is 1. The Balaban J connectivity index is 2.07. The third-order valence-electron chi connectivity index (χ3n) is 3.57. The van der Waals surface area contributed by atoms with Gasteiger partial charge in [0.1, 0.15) is 5.82 Å². The Bertz CT molecular complexity index is 915. The molecule has 0 atom stereocenters. The van der Waals surface area contributed by atoms with Gasteiger partial charge in [0.15, 0.2) is 0 Å². The Morgan fingerprint density at radius 3 is 2.55 bits per heavy atom. The van der Waals surface area contributed by atoms with Gasteiger partial charge in [0.25, 0.3) is 0 Å². The summed E-state index contributed by atoms with van der Waals surface area (Å²) >= 11 is 0. The van der Waals surface area contributed by atoms with Crippen LogP contribution in [0.4, 0.5) is 5.69 Å². The van der Waals surface area contributed by atoms with Crippen LogP contribution < -0.4 is 4.72 Å². The SMILES string of the molecule is CCS(=O)(=O)Nc1ccc2c(c1)nc(-c1ccccc1)n2C. The Labute approximate surface area is 129 Å². The molecule has 114 valence electrons. The first-order valence-corrected chi connectivity index (χ1v) is 8.68. The van der Waals surface area contributed by atoms with Crippen molar-refractivity contribution in [1.29, 1.82) is 0 Å². The fourth-order valence-corrected chi connectivity index (χ4v) is 2.99. The summed E-state index contributed by atoms with van der Waals surface area (Å²) in [7, 11) is -1.33. The summed E-state index contributed by atoms with van der Waals surface area (Å²) in [5.74, 6) is 0.897. The van der Waals surface area contributed by atoms with Crippen LogP contribution in [0.25, 0.3) is 22.4 Å². The van der Waals surface area contributed by atoms with E-state index in [1.165, 1.54) is 0 Å². The van der Waals surface area contributed by atoms with Crippen molar-refractivity contribution >= 4 is 26.7 Å². The molecule has 0 saturated heterocycles. The second-order valence-electron chi connectivity index (χ2n) is 5.07. The zero-order chi connectivity index (χ0) is 15.7. The van der Waals surface area contributed by atoms with Crippen LogP contribution in [0.1, 0.15) is 6.92 Å². The Morgan fingerprint density at radius 2 is 1.86 bits per heavy atom. The molecule has 0 fully saturated rings. The predicted molar refractivity (Wildman–Crippen MR) is 89.2 cm³/mol. The van der Waals surface area contributed by atoms with Gasteiger partial charge in [-0.05, 0) is 25.1 Å². The molecule has 1 heterocycles. The summed E-state index contributed by atoms with van der Waals surface area (Å²) in [5.41, 5.74) is 3.28. The van der Waals surface area contributed by atoms with Gasteiger partial charge in [0.2, 0.25) is 10.0 Å². The van der Waals surface area contributed by atoms with Crippen LogP contribution in [0.2, 0.25) is 0 Å². The van der Waals surface area contributed by atoms with Crippen molar-refractivity contribution in [3.63, 3.8) is 0 Å². The molecule has 5 nitrogen and oxygen atoms in total. The van der Waals surface area contributed by atoms with Crippen molar-refractivity contribution in [2.45, 2.75) is 6.92 Å². The number of imidazole rings is 1. The second-order valence-corrected chi connectivity index (χ2v) is 7.08. The molecule has 3 aromatic rings. The number of hydrogen-bond acceptors (Lipinski definition) is 3. The first kappa shape index (κ1) is 14.6. The standard InChI is InChI=1S/C16H17N3O2S/c1-3-22(20,21)18-13-9-10-15-14(11-13)17-16(19(15)2)12-7-5-4-6-8-12/h4-11,18H,3H2,1-2H3. The van der Waals surface area contributed by atoms with Crippen molar-refractivity contribution in [2.75, 3.05) is 10.5 Å². The van der Waals surface area contributed by atoms with Crippen molar-refractivity contribution in [3.05, 3.63) is 48.5 Å². The summed E-state index contributed by atoms with van der Waals surface area (Å²) in [6.45, 7) is 1.61. The van der Waals surface area contributed by atoms with Gasteiger partial charge in [-0.25, -0.2) is 13.4 Å². The number of nitrogens with one attached hydrogen (secondary N) is 1. The molecule has 0 amide bonds. The third-order valence-corrected chi connectivity index (χ3v) is 4.87. The zero-order valence-corrected chi connectivity index (χ0v) is 13.3. The van der Waals surface area contributed by atoms with Crippen LogP contribution in [0.3, 0.4) is 0 Å².